The summed E-state index contributed by atoms with van der Waals surface area (Å²) in [7, 11) is 0. The van der Waals surface area contributed by atoms with Crippen molar-refractivity contribution in [2.24, 2.45) is 0 Å². The smallest absolute Gasteiger partial charge is 0.196 e. The van der Waals surface area contributed by atoms with Crippen molar-refractivity contribution in [1.29, 1.82) is 0 Å². The Kier molecular flexibility index (Phi) is 6.96. The number of phenolic OH excluding ortho intramolecular Hbond substituents is 2. The molecule has 0 fully saturated rings. The number of allylic oxidation sites excluding steroid dienone is 4. The van der Waals surface area contributed by atoms with Gasteiger partial charge in [0.15, 0.2) is 5.78 Å². The minimum atomic E-state index is -0.409. The molecule has 2 rings (SSSR count). The molecule has 1 aromatic carbocycles. The van der Waals surface area contributed by atoms with E-state index in [1.807, 2.05) is 0 Å². The summed E-state index contributed by atoms with van der Waals surface area (Å²) < 4.78 is 1.64. The molecule has 0 unspecified atom stereocenters. The van der Waals surface area contributed by atoms with Crippen molar-refractivity contribution in [2.45, 2.75) is 45.4 Å². The predicted molar refractivity (Wildman–Crippen MR) is 105 cm³/mol. The number of aromatic hydroxyl groups is 2. The maximum absolute atomic E-state index is 12.7. The lowest BCUT2D eigenvalue weighted by Gasteiger charge is -2.13. The Morgan fingerprint density at radius 2 is 1.92 bits per heavy atom. The highest BCUT2D eigenvalue weighted by atomic mass is 79.9. The molecule has 0 saturated heterocycles. The molecule has 0 aliphatic heterocycles. The minimum Gasteiger partial charge on any atom is -0.507 e. The van der Waals surface area contributed by atoms with Gasteiger partial charge in [0.2, 0.25) is 0 Å². The van der Waals surface area contributed by atoms with E-state index in [-0.39, 0.29) is 22.1 Å². The van der Waals surface area contributed by atoms with Crippen LogP contribution in [0.2, 0.25) is 5.02 Å². The van der Waals surface area contributed by atoms with Crippen LogP contribution in [0.5, 0.6) is 11.5 Å². The molecule has 3 nitrogen and oxygen atoms in total. The first-order chi connectivity index (χ1) is 11.4. The van der Waals surface area contributed by atoms with Gasteiger partial charge in [0.05, 0.1) is 5.02 Å². The molecule has 0 atom stereocenters. The van der Waals surface area contributed by atoms with E-state index in [4.69, 9.17) is 11.6 Å². The second kappa shape index (κ2) is 8.54. The third-order valence-corrected chi connectivity index (χ3v) is 6.26. The van der Waals surface area contributed by atoms with Crippen LogP contribution in [0.3, 0.4) is 0 Å². The molecule has 0 spiro atoms. The summed E-state index contributed by atoms with van der Waals surface area (Å²) in [4.78, 5) is 12.7. The zero-order chi connectivity index (χ0) is 17.9. The first-order valence-electron chi connectivity index (χ1n) is 7.89. The van der Waals surface area contributed by atoms with Gasteiger partial charge in [-0.05, 0) is 46.5 Å². The number of aryl methyl sites for hydroxylation is 1. The van der Waals surface area contributed by atoms with Crippen molar-refractivity contribution >= 4 is 49.2 Å². The summed E-state index contributed by atoms with van der Waals surface area (Å²) >= 11 is 12.8. The van der Waals surface area contributed by atoms with E-state index in [1.165, 1.54) is 0 Å². The van der Waals surface area contributed by atoms with E-state index < -0.39 is 5.78 Å². The van der Waals surface area contributed by atoms with Gasteiger partial charge in [-0.25, -0.2) is 0 Å². The molecule has 1 aliphatic carbocycles. The second-order valence-electron chi connectivity index (χ2n) is 5.83. The first-order valence-corrected chi connectivity index (χ1v) is 9.85. The number of Topliss-reactive ketones (excluding diaryl/α,β-unsaturated/α-hetero) is 1. The Balaban J connectivity index is 2.31. The second-order valence-corrected chi connectivity index (χ2v) is 8.05. The fourth-order valence-corrected chi connectivity index (χ4v) is 3.73. The Bertz CT molecular complexity index is 723. The fraction of sp³-hybridized carbons (Fsp3) is 0.389. The number of benzene rings is 1. The predicted octanol–water partition coefficient (Wildman–Crippen LogP) is 6.39. The number of hydrogen-bond donors (Lipinski definition) is 2. The molecule has 0 heterocycles. The third-order valence-electron chi connectivity index (χ3n) is 4.03. The monoisotopic (exact) mass is 476 g/mol. The van der Waals surface area contributed by atoms with E-state index in [1.54, 1.807) is 12.1 Å². The molecular formula is C18H19Br2ClO3. The van der Waals surface area contributed by atoms with E-state index in [0.29, 0.717) is 24.0 Å². The van der Waals surface area contributed by atoms with E-state index in [0.717, 1.165) is 34.6 Å². The SMILES string of the molecule is CCCCCCc1cc(Cl)c(O)c(C(=O)C2=CC(Br)=C(Br)C2)c1O. The lowest BCUT2D eigenvalue weighted by molar-refractivity contribution is 0.102. The summed E-state index contributed by atoms with van der Waals surface area (Å²) in [5.41, 5.74) is 0.974. The van der Waals surface area contributed by atoms with Crippen LogP contribution in [0, 0.1) is 0 Å². The van der Waals surface area contributed by atoms with Crippen LogP contribution >= 0.6 is 43.5 Å². The van der Waals surface area contributed by atoms with Crippen LogP contribution in [0.25, 0.3) is 0 Å². The lowest BCUT2D eigenvalue weighted by atomic mass is 9.96. The quantitative estimate of drug-likeness (QED) is 0.353. The average Bonchev–Trinajstić information content (AvgIpc) is 2.88. The number of carbonyl (C=O) groups is 1. The van der Waals surface area contributed by atoms with Gasteiger partial charge in [0.1, 0.15) is 17.1 Å². The number of phenols is 2. The Morgan fingerprint density at radius 1 is 1.21 bits per heavy atom. The van der Waals surface area contributed by atoms with Crippen LogP contribution in [-0.2, 0) is 6.42 Å². The van der Waals surface area contributed by atoms with Gasteiger partial charge in [-0.1, -0.05) is 53.7 Å². The normalized spacial score (nSPS) is 14.2. The van der Waals surface area contributed by atoms with E-state index in [9.17, 15) is 15.0 Å². The van der Waals surface area contributed by atoms with Crippen molar-refractivity contribution in [2.75, 3.05) is 0 Å². The molecule has 1 aliphatic rings. The molecule has 0 amide bonds. The highest BCUT2D eigenvalue weighted by Crippen LogP contribution is 2.42. The highest BCUT2D eigenvalue weighted by Gasteiger charge is 2.27. The van der Waals surface area contributed by atoms with Crippen LogP contribution in [0.15, 0.2) is 26.7 Å². The number of ketones is 1. The average molecular weight is 479 g/mol. The molecule has 0 aromatic heterocycles. The maximum Gasteiger partial charge on any atom is 0.196 e. The van der Waals surface area contributed by atoms with Crippen LogP contribution in [-0.4, -0.2) is 16.0 Å². The maximum atomic E-state index is 12.7. The van der Waals surface area contributed by atoms with E-state index >= 15 is 0 Å². The van der Waals surface area contributed by atoms with Crippen molar-refractivity contribution in [3.63, 3.8) is 0 Å². The molecular weight excluding hydrogens is 459 g/mol. The number of rotatable bonds is 7. The van der Waals surface area contributed by atoms with Gasteiger partial charge in [0, 0.05) is 21.0 Å². The number of halogens is 3. The molecule has 0 bridgehead atoms. The molecule has 0 radical (unpaired) electrons. The summed E-state index contributed by atoms with van der Waals surface area (Å²) in [6.45, 7) is 2.13. The molecule has 6 heteroatoms. The van der Waals surface area contributed by atoms with Crippen LogP contribution in [0.4, 0.5) is 0 Å². The van der Waals surface area contributed by atoms with Crippen LogP contribution in [0.1, 0.15) is 54.9 Å². The van der Waals surface area contributed by atoms with Gasteiger partial charge < -0.3 is 10.2 Å². The Morgan fingerprint density at radius 3 is 2.50 bits per heavy atom. The fourth-order valence-electron chi connectivity index (χ4n) is 2.67. The summed E-state index contributed by atoms with van der Waals surface area (Å²) in [6, 6.07) is 1.54. The summed E-state index contributed by atoms with van der Waals surface area (Å²) in [5.74, 6) is -0.941. The van der Waals surface area contributed by atoms with Crippen LogP contribution < -0.4 is 0 Å². The number of carbonyl (C=O) groups excluding carboxylic acids is 1. The minimum absolute atomic E-state index is 0.0892. The first kappa shape index (κ1) is 19.5. The van der Waals surface area contributed by atoms with Crippen molar-refractivity contribution in [3.8, 4) is 11.5 Å². The van der Waals surface area contributed by atoms with Crippen molar-refractivity contribution in [3.05, 3.63) is 42.8 Å². The summed E-state index contributed by atoms with van der Waals surface area (Å²) in [6.07, 6.45) is 6.92. The topological polar surface area (TPSA) is 57.5 Å². The highest BCUT2D eigenvalue weighted by molar-refractivity contribution is 9.14. The van der Waals surface area contributed by atoms with Gasteiger partial charge in [-0.15, -0.1) is 0 Å². The van der Waals surface area contributed by atoms with Gasteiger partial charge in [-0.3, -0.25) is 4.79 Å². The molecule has 24 heavy (non-hydrogen) atoms. The zero-order valence-corrected chi connectivity index (χ0v) is 17.3. The van der Waals surface area contributed by atoms with Gasteiger partial charge in [-0.2, -0.15) is 0 Å². The van der Waals surface area contributed by atoms with E-state index in [2.05, 4.69) is 38.8 Å². The molecule has 0 saturated carbocycles. The standard InChI is InChI=1S/C18H19Br2ClO3/c1-2-3-4-5-6-10-9-14(21)18(24)15(16(10)22)17(23)11-7-12(19)13(20)8-11/h7,9,22,24H,2-6,8H2,1H3. The van der Waals surface area contributed by atoms with Gasteiger partial charge >= 0.3 is 0 Å². The number of hydrogen-bond acceptors (Lipinski definition) is 3. The largest absolute Gasteiger partial charge is 0.507 e. The third kappa shape index (κ3) is 4.24. The lowest BCUT2D eigenvalue weighted by Crippen LogP contribution is -2.05. The Hall–Kier alpha value is -0.780. The Labute approximate surface area is 163 Å². The summed E-state index contributed by atoms with van der Waals surface area (Å²) in [5, 5.41) is 20.8. The molecule has 130 valence electrons. The van der Waals surface area contributed by atoms with Crippen molar-refractivity contribution in [1.82, 2.24) is 0 Å². The number of unbranched alkanes of at least 4 members (excludes halogenated alkanes) is 3. The zero-order valence-electron chi connectivity index (χ0n) is 13.3. The molecule has 2 N–H and O–H groups in total. The molecule has 1 aromatic rings. The van der Waals surface area contributed by atoms with Crippen molar-refractivity contribution < 1.29 is 15.0 Å². The van der Waals surface area contributed by atoms with Gasteiger partial charge in [0.25, 0.3) is 0 Å².